The first-order chi connectivity index (χ1) is 7.97. The normalized spacial score (nSPS) is 14.2. The quantitative estimate of drug-likeness (QED) is 0.830. The number of aliphatic hydroxyl groups excluding tert-OH is 1. The van der Waals surface area contributed by atoms with Crippen molar-refractivity contribution in [2.45, 2.75) is 26.0 Å². The smallest absolute Gasteiger partial charge is 0.325 e. The molecule has 1 aromatic rings. The molecule has 17 heavy (non-hydrogen) atoms. The maximum absolute atomic E-state index is 11.4. The molecule has 0 bridgehead atoms. The van der Waals surface area contributed by atoms with Crippen LogP contribution in [0.1, 0.15) is 24.2 Å². The molecule has 0 aliphatic carbocycles. The topological polar surface area (TPSA) is 72.5 Å². The van der Waals surface area contributed by atoms with Gasteiger partial charge in [-0.05, 0) is 31.0 Å². The van der Waals surface area contributed by atoms with Crippen molar-refractivity contribution in [2.75, 3.05) is 6.61 Å². The Morgan fingerprint density at radius 2 is 2.24 bits per heavy atom. The molecule has 94 valence electrons. The third kappa shape index (κ3) is 3.52. The number of halogens is 1. The predicted molar refractivity (Wildman–Crippen MR) is 68.4 cm³/mol. The van der Waals surface area contributed by atoms with Gasteiger partial charge in [-0.3, -0.25) is 4.79 Å². The van der Waals surface area contributed by atoms with Crippen LogP contribution in [0.5, 0.6) is 0 Å². The van der Waals surface area contributed by atoms with Gasteiger partial charge in [0.15, 0.2) is 0 Å². The highest BCUT2D eigenvalue weighted by Gasteiger charge is 2.26. The van der Waals surface area contributed by atoms with Gasteiger partial charge < -0.3 is 15.6 Å². The first-order valence-electron chi connectivity index (χ1n) is 5.33. The fourth-order valence-electron chi connectivity index (χ4n) is 1.43. The number of esters is 1. The maximum atomic E-state index is 11.4. The van der Waals surface area contributed by atoms with Crippen LogP contribution in [0.3, 0.4) is 0 Å². The molecule has 3 N–H and O–H groups in total. The van der Waals surface area contributed by atoms with Crippen molar-refractivity contribution in [3.63, 3.8) is 0 Å². The lowest BCUT2D eigenvalue weighted by Gasteiger charge is -2.19. The fourth-order valence-corrected chi connectivity index (χ4v) is 2.16. The Balaban J connectivity index is 2.88. The Labute approximate surface area is 109 Å². The number of carbonyl (C=O) groups is 1. The van der Waals surface area contributed by atoms with E-state index < -0.39 is 18.1 Å². The summed E-state index contributed by atoms with van der Waals surface area (Å²) >= 11 is 3.34. The first-order valence-corrected chi connectivity index (χ1v) is 6.13. The third-order valence-electron chi connectivity index (χ3n) is 2.37. The van der Waals surface area contributed by atoms with Gasteiger partial charge in [-0.1, -0.05) is 28.1 Å². The second-order valence-electron chi connectivity index (χ2n) is 3.75. The molecule has 0 aliphatic rings. The van der Waals surface area contributed by atoms with Crippen molar-refractivity contribution in [3.05, 3.63) is 33.8 Å². The molecule has 0 spiro atoms. The van der Waals surface area contributed by atoms with Gasteiger partial charge in [-0.25, -0.2) is 0 Å². The molecule has 0 saturated heterocycles. The lowest BCUT2D eigenvalue weighted by atomic mass is 10.0. The lowest BCUT2D eigenvalue weighted by molar-refractivity contribution is -0.147. The Morgan fingerprint density at radius 1 is 1.59 bits per heavy atom. The number of aliphatic hydroxyl groups is 1. The summed E-state index contributed by atoms with van der Waals surface area (Å²) in [6, 6.07) is 4.37. The Kier molecular flexibility index (Phi) is 5.11. The van der Waals surface area contributed by atoms with Crippen LogP contribution in [0.15, 0.2) is 22.7 Å². The highest BCUT2D eigenvalue weighted by atomic mass is 79.9. The van der Waals surface area contributed by atoms with E-state index in [-0.39, 0.29) is 6.61 Å². The summed E-state index contributed by atoms with van der Waals surface area (Å²) in [6.07, 6.45) is -1.08. The zero-order valence-corrected chi connectivity index (χ0v) is 11.4. The Bertz CT molecular complexity index is 409. The van der Waals surface area contributed by atoms with Crippen LogP contribution in [-0.2, 0) is 9.53 Å². The maximum Gasteiger partial charge on any atom is 0.325 e. The summed E-state index contributed by atoms with van der Waals surface area (Å²) < 4.78 is 5.50. The van der Waals surface area contributed by atoms with E-state index in [1.807, 2.05) is 19.1 Å². The van der Waals surface area contributed by atoms with E-state index >= 15 is 0 Å². The monoisotopic (exact) mass is 301 g/mol. The van der Waals surface area contributed by atoms with Gasteiger partial charge in [-0.2, -0.15) is 0 Å². The highest BCUT2D eigenvalue weighted by molar-refractivity contribution is 9.10. The molecule has 0 heterocycles. The molecule has 0 saturated carbocycles. The minimum Gasteiger partial charge on any atom is -0.465 e. The lowest BCUT2D eigenvalue weighted by Crippen LogP contribution is -2.38. The molecule has 0 amide bonds. The molecule has 2 unspecified atom stereocenters. The van der Waals surface area contributed by atoms with E-state index in [0.717, 1.165) is 10.0 Å². The molecule has 0 fully saturated rings. The summed E-state index contributed by atoms with van der Waals surface area (Å²) in [5.74, 6) is -0.604. The second kappa shape index (κ2) is 6.14. The number of benzene rings is 1. The number of ether oxygens (including phenoxy) is 1. The van der Waals surface area contributed by atoms with Crippen molar-refractivity contribution in [1.29, 1.82) is 0 Å². The standard InChI is InChI=1S/C12H16BrNO3/c1-3-17-12(16)10(14)11(15)8-5-4-7(2)6-9(8)13/h4-6,10-11,15H,3,14H2,1-2H3. The van der Waals surface area contributed by atoms with E-state index in [4.69, 9.17) is 10.5 Å². The number of carbonyl (C=O) groups excluding carboxylic acids is 1. The number of nitrogens with two attached hydrogens (primary N) is 1. The van der Waals surface area contributed by atoms with E-state index in [2.05, 4.69) is 15.9 Å². The first kappa shape index (κ1) is 14.2. The van der Waals surface area contributed by atoms with Crippen molar-refractivity contribution in [3.8, 4) is 0 Å². The van der Waals surface area contributed by atoms with Crippen molar-refractivity contribution in [1.82, 2.24) is 0 Å². The fraction of sp³-hybridized carbons (Fsp3) is 0.417. The summed E-state index contributed by atoms with van der Waals surface area (Å²) in [6.45, 7) is 3.87. The third-order valence-corrected chi connectivity index (χ3v) is 3.06. The van der Waals surface area contributed by atoms with E-state index in [0.29, 0.717) is 5.56 Å². The van der Waals surface area contributed by atoms with E-state index in [9.17, 15) is 9.90 Å². The van der Waals surface area contributed by atoms with Crippen molar-refractivity contribution >= 4 is 21.9 Å². The zero-order valence-electron chi connectivity index (χ0n) is 9.81. The SMILES string of the molecule is CCOC(=O)C(N)C(O)c1ccc(C)cc1Br. The predicted octanol–water partition coefficient (Wildman–Crippen LogP) is 1.68. The summed E-state index contributed by atoms with van der Waals surface area (Å²) in [5.41, 5.74) is 7.27. The zero-order chi connectivity index (χ0) is 13.0. The van der Waals surface area contributed by atoms with Crippen LogP contribution >= 0.6 is 15.9 Å². The van der Waals surface area contributed by atoms with Crippen LogP contribution in [0.2, 0.25) is 0 Å². The van der Waals surface area contributed by atoms with Gasteiger partial charge >= 0.3 is 5.97 Å². The molecule has 1 rings (SSSR count). The van der Waals surface area contributed by atoms with Crippen LogP contribution in [0.25, 0.3) is 0 Å². The number of rotatable bonds is 4. The Morgan fingerprint density at radius 3 is 2.76 bits per heavy atom. The minimum atomic E-state index is -1.08. The molecule has 5 heteroatoms. The summed E-state index contributed by atoms with van der Waals surface area (Å²) in [4.78, 5) is 11.4. The minimum absolute atomic E-state index is 0.244. The molecular weight excluding hydrogens is 286 g/mol. The van der Waals surface area contributed by atoms with Crippen molar-refractivity contribution in [2.24, 2.45) is 5.73 Å². The molecule has 0 aliphatic heterocycles. The van der Waals surface area contributed by atoms with Gasteiger partial charge in [0.2, 0.25) is 0 Å². The Hall–Kier alpha value is -0.910. The molecule has 0 radical (unpaired) electrons. The molecular formula is C12H16BrNO3. The van der Waals surface area contributed by atoms with Crippen LogP contribution in [-0.4, -0.2) is 23.7 Å². The van der Waals surface area contributed by atoms with Crippen LogP contribution in [0, 0.1) is 6.92 Å². The number of hydrogen-bond acceptors (Lipinski definition) is 4. The summed E-state index contributed by atoms with van der Waals surface area (Å²) in [5, 5.41) is 10.0. The van der Waals surface area contributed by atoms with E-state index in [1.165, 1.54) is 0 Å². The van der Waals surface area contributed by atoms with Crippen LogP contribution < -0.4 is 5.73 Å². The van der Waals surface area contributed by atoms with Crippen LogP contribution in [0.4, 0.5) is 0 Å². The largest absolute Gasteiger partial charge is 0.465 e. The van der Waals surface area contributed by atoms with Gasteiger partial charge in [-0.15, -0.1) is 0 Å². The highest BCUT2D eigenvalue weighted by Crippen LogP contribution is 2.26. The average Bonchev–Trinajstić information content (AvgIpc) is 2.27. The van der Waals surface area contributed by atoms with E-state index in [1.54, 1.807) is 13.0 Å². The molecule has 0 aromatic heterocycles. The van der Waals surface area contributed by atoms with Gasteiger partial charge in [0, 0.05) is 4.47 Å². The second-order valence-corrected chi connectivity index (χ2v) is 4.60. The number of hydrogen-bond donors (Lipinski definition) is 2. The number of aryl methyl sites for hydroxylation is 1. The molecule has 2 atom stereocenters. The van der Waals surface area contributed by atoms with Gasteiger partial charge in [0.1, 0.15) is 12.1 Å². The average molecular weight is 302 g/mol. The molecule has 1 aromatic carbocycles. The van der Waals surface area contributed by atoms with Gasteiger partial charge in [0.05, 0.1) is 6.61 Å². The molecule has 4 nitrogen and oxygen atoms in total. The van der Waals surface area contributed by atoms with Crippen molar-refractivity contribution < 1.29 is 14.6 Å². The van der Waals surface area contributed by atoms with Gasteiger partial charge in [0.25, 0.3) is 0 Å². The summed E-state index contributed by atoms with van der Waals surface area (Å²) in [7, 11) is 0.